The number of hydrogen-bond donors (Lipinski definition) is 1. The molecular weight excluding hydrogens is 370 g/mol. The molecule has 1 saturated carbocycles. The van der Waals surface area contributed by atoms with Gasteiger partial charge in [0.2, 0.25) is 5.91 Å². The van der Waals surface area contributed by atoms with Gasteiger partial charge >= 0.3 is 0 Å². The summed E-state index contributed by atoms with van der Waals surface area (Å²) in [7, 11) is 0. The fourth-order valence-corrected chi connectivity index (χ4v) is 3.97. The Morgan fingerprint density at radius 3 is 2.93 bits per heavy atom. The normalized spacial score (nSPS) is 18.6. The predicted octanol–water partition coefficient (Wildman–Crippen LogP) is 3.40. The zero-order valence-corrected chi connectivity index (χ0v) is 16.4. The van der Waals surface area contributed by atoms with Crippen molar-refractivity contribution in [2.24, 2.45) is 5.92 Å². The first-order valence-electron chi connectivity index (χ1n) is 9.50. The van der Waals surface area contributed by atoms with Gasteiger partial charge in [0.05, 0.1) is 11.8 Å². The summed E-state index contributed by atoms with van der Waals surface area (Å²) in [6.45, 7) is 4.37. The number of hydrogen-bond acceptors (Lipinski definition) is 5. The van der Waals surface area contributed by atoms with E-state index in [1.165, 1.54) is 30.2 Å². The molecule has 2 aliphatic carbocycles. The average Bonchev–Trinajstić information content (AvgIpc) is 3.50. The number of nitrogens with one attached hydrogen (secondary N) is 1. The molecule has 7 heteroatoms. The third-order valence-corrected chi connectivity index (χ3v) is 5.75. The second-order valence-corrected chi connectivity index (χ2v) is 7.90. The molecule has 6 nitrogen and oxygen atoms in total. The Balaban J connectivity index is 1.35. The van der Waals surface area contributed by atoms with Crippen molar-refractivity contribution >= 4 is 17.7 Å². The Kier molecular flexibility index (Phi) is 5.71. The first kappa shape index (κ1) is 18.7. The summed E-state index contributed by atoms with van der Waals surface area (Å²) in [4.78, 5) is 16.7. The molecule has 2 heterocycles. The lowest BCUT2D eigenvalue weighted by molar-refractivity contribution is -0.118. The standard InChI is InChI=1S/C21H23N5OS/c1-2-13-26-20(18-5-3-4-12-22-18)24-25-21(26)28-14-19(27)23-17-10-8-16(9-11-17)15-6-7-15/h2-5,8-10,12,15,17H,1,6-7,11,13-14H2,(H,23,27). The van der Waals surface area contributed by atoms with Crippen molar-refractivity contribution in [1.82, 2.24) is 25.1 Å². The number of carbonyl (C=O) groups is 1. The van der Waals surface area contributed by atoms with E-state index in [1.807, 2.05) is 22.8 Å². The summed E-state index contributed by atoms with van der Waals surface area (Å²) in [5, 5.41) is 12.3. The maximum atomic E-state index is 12.4. The second-order valence-electron chi connectivity index (χ2n) is 6.96. The molecule has 2 aromatic heterocycles. The van der Waals surface area contributed by atoms with Crippen LogP contribution in [0.1, 0.15) is 19.3 Å². The molecule has 1 unspecified atom stereocenters. The monoisotopic (exact) mass is 393 g/mol. The van der Waals surface area contributed by atoms with Crippen LogP contribution in [0.3, 0.4) is 0 Å². The summed E-state index contributed by atoms with van der Waals surface area (Å²) in [5.74, 6) is 1.72. The zero-order chi connectivity index (χ0) is 19.3. The van der Waals surface area contributed by atoms with Crippen LogP contribution in [-0.4, -0.2) is 37.5 Å². The molecule has 0 spiro atoms. The van der Waals surface area contributed by atoms with Crippen molar-refractivity contribution in [3.05, 3.63) is 60.9 Å². The van der Waals surface area contributed by atoms with Crippen LogP contribution < -0.4 is 5.32 Å². The minimum atomic E-state index is -0.00420. The molecule has 4 rings (SSSR count). The Morgan fingerprint density at radius 1 is 1.36 bits per heavy atom. The fraction of sp³-hybridized carbons (Fsp3) is 0.333. The molecule has 144 valence electrons. The minimum absolute atomic E-state index is 0.00420. The molecule has 0 aromatic carbocycles. The van der Waals surface area contributed by atoms with Crippen LogP contribution in [0.2, 0.25) is 0 Å². The molecule has 1 fully saturated rings. The molecule has 0 saturated heterocycles. The highest BCUT2D eigenvalue weighted by molar-refractivity contribution is 7.99. The molecule has 2 aliphatic rings. The second kappa shape index (κ2) is 8.56. The van der Waals surface area contributed by atoms with Crippen LogP contribution in [0, 0.1) is 5.92 Å². The summed E-state index contributed by atoms with van der Waals surface area (Å²) in [5.41, 5.74) is 2.18. The van der Waals surface area contributed by atoms with Gasteiger partial charge in [-0.2, -0.15) is 0 Å². The smallest absolute Gasteiger partial charge is 0.230 e. The molecule has 1 N–H and O–H groups in total. The molecule has 28 heavy (non-hydrogen) atoms. The highest BCUT2D eigenvalue weighted by Gasteiger charge is 2.26. The van der Waals surface area contributed by atoms with Crippen molar-refractivity contribution in [1.29, 1.82) is 0 Å². The van der Waals surface area contributed by atoms with Gasteiger partial charge in [-0.3, -0.25) is 14.3 Å². The van der Waals surface area contributed by atoms with Crippen LogP contribution in [0.15, 0.2) is 66.0 Å². The van der Waals surface area contributed by atoms with E-state index in [1.54, 1.807) is 12.3 Å². The molecule has 2 aromatic rings. The largest absolute Gasteiger partial charge is 0.349 e. The SMILES string of the molecule is C=CCn1c(SCC(=O)NC2C=CC(C3CC3)=CC2)nnc1-c1ccccn1. The van der Waals surface area contributed by atoms with Crippen molar-refractivity contribution in [2.45, 2.75) is 37.0 Å². The fourth-order valence-electron chi connectivity index (χ4n) is 3.22. The molecule has 0 bridgehead atoms. The lowest BCUT2D eigenvalue weighted by Crippen LogP contribution is -2.35. The van der Waals surface area contributed by atoms with Crippen molar-refractivity contribution < 1.29 is 4.79 Å². The first-order chi connectivity index (χ1) is 13.7. The number of pyridine rings is 1. The number of thioether (sulfide) groups is 1. The van der Waals surface area contributed by atoms with Crippen LogP contribution in [0.5, 0.6) is 0 Å². The first-order valence-corrected chi connectivity index (χ1v) is 10.5. The Bertz CT molecular complexity index is 914. The number of aromatic nitrogens is 4. The van der Waals surface area contributed by atoms with Gasteiger partial charge < -0.3 is 5.32 Å². The maximum absolute atomic E-state index is 12.4. The Morgan fingerprint density at radius 2 is 2.25 bits per heavy atom. The predicted molar refractivity (Wildman–Crippen MR) is 111 cm³/mol. The zero-order valence-electron chi connectivity index (χ0n) is 15.6. The lowest BCUT2D eigenvalue weighted by atomic mass is 10.00. The highest BCUT2D eigenvalue weighted by atomic mass is 32.2. The molecule has 0 radical (unpaired) electrons. The highest BCUT2D eigenvalue weighted by Crippen LogP contribution is 2.38. The van der Waals surface area contributed by atoms with E-state index in [-0.39, 0.29) is 11.9 Å². The summed E-state index contributed by atoms with van der Waals surface area (Å²) in [6, 6.07) is 5.74. The van der Waals surface area contributed by atoms with Crippen molar-refractivity contribution in [3.8, 4) is 11.5 Å². The van der Waals surface area contributed by atoms with E-state index in [4.69, 9.17) is 0 Å². The molecule has 1 amide bonds. The quantitative estimate of drug-likeness (QED) is 0.550. The van der Waals surface area contributed by atoms with E-state index >= 15 is 0 Å². The van der Waals surface area contributed by atoms with Gasteiger partial charge in [-0.15, -0.1) is 16.8 Å². The maximum Gasteiger partial charge on any atom is 0.230 e. The van der Waals surface area contributed by atoms with Gasteiger partial charge in [0.15, 0.2) is 11.0 Å². The lowest BCUT2D eigenvalue weighted by Gasteiger charge is -2.17. The van der Waals surface area contributed by atoms with Crippen molar-refractivity contribution in [2.75, 3.05) is 5.75 Å². The van der Waals surface area contributed by atoms with Gasteiger partial charge in [-0.25, -0.2) is 0 Å². The topological polar surface area (TPSA) is 72.7 Å². The van der Waals surface area contributed by atoms with E-state index in [2.05, 4.69) is 45.3 Å². The minimum Gasteiger partial charge on any atom is -0.349 e. The average molecular weight is 394 g/mol. The Hall–Kier alpha value is -2.67. The van der Waals surface area contributed by atoms with Gasteiger partial charge in [0.1, 0.15) is 5.69 Å². The number of nitrogens with zero attached hydrogens (tertiary/aromatic N) is 4. The van der Waals surface area contributed by atoms with E-state index in [0.717, 1.165) is 18.0 Å². The summed E-state index contributed by atoms with van der Waals surface area (Å²) >= 11 is 1.38. The van der Waals surface area contributed by atoms with Gasteiger partial charge in [-0.05, 0) is 42.9 Å². The van der Waals surface area contributed by atoms with E-state index in [9.17, 15) is 4.79 Å². The molecule has 1 atom stereocenters. The van der Waals surface area contributed by atoms with Gasteiger partial charge in [0.25, 0.3) is 0 Å². The van der Waals surface area contributed by atoms with Crippen LogP contribution >= 0.6 is 11.8 Å². The van der Waals surface area contributed by atoms with E-state index in [0.29, 0.717) is 23.3 Å². The summed E-state index contributed by atoms with van der Waals surface area (Å²) in [6.07, 6.45) is 13.5. The van der Waals surface area contributed by atoms with E-state index < -0.39 is 0 Å². The van der Waals surface area contributed by atoms with Gasteiger partial charge in [-0.1, -0.05) is 42.1 Å². The third-order valence-electron chi connectivity index (χ3n) is 4.78. The molecule has 0 aliphatic heterocycles. The molecular formula is C21H23N5OS. The number of rotatable bonds is 8. The number of amides is 1. The van der Waals surface area contributed by atoms with Crippen LogP contribution in [-0.2, 0) is 11.3 Å². The van der Waals surface area contributed by atoms with Gasteiger partial charge in [0, 0.05) is 12.7 Å². The van der Waals surface area contributed by atoms with Crippen LogP contribution in [0.25, 0.3) is 11.5 Å². The summed E-state index contributed by atoms with van der Waals surface area (Å²) < 4.78 is 1.93. The number of allylic oxidation sites excluding steroid dienone is 3. The number of carbonyl (C=O) groups excluding carboxylic acids is 1. The Labute approximate surface area is 168 Å². The van der Waals surface area contributed by atoms with Crippen molar-refractivity contribution in [3.63, 3.8) is 0 Å². The van der Waals surface area contributed by atoms with Crippen LogP contribution in [0.4, 0.5) is 0 Å². The third kappa shape index (κ3) is 4.42.